The number of rotatable bonds is 3. The fourth-order valence-electron chi connectivity index (χ4n) is 3.26. The monoisotopic (exact) mass is 253 g/mol. The maximum atomic E-state index is 12.1. The summed E-state index contributed by atoms with van der Waals surface area (Å²) < 4.78 is 0. The van der Waals surface area contributed by atoms with E-state index in [2.05, 4.69) is 12.2 Å². The Bertz CT molecular complexity index is 264. The van der Waals surface area contributed by atoms with E-state index in [4.69, 9.17) is 0 Å². The maximum Gasteiger partial charge on any atom is 0.223 e. The van der Waals surface area contributed by atoms with Crippen molar-refractivity contribution < 1.29 is 9.90 Å². The van der Waals surface area contributed by atoms with Crippen LogP contribution in [0.3, 0.4) is 0 Å². The van der Waals surface area contributed by atoms with E-state index < -0.39 is 0 Å². The Morgan fingerprint density at radius 1 is 1.06 bits per heavy atom. The highest BCUT2D eigenvalue weighted by molar-refractivity contribution is 5.78. The predicted octanol–water partition coefficient (Wildman–Crippen LogP) is 2.48. The van der Waals surface area contributed by atoms with Crippen LogP contribution in [0, 0.1) is 17.8 Å². The summed E-state index contributed by atoms with van der Waals surface area (Å²) >= 11 is 0. The van der Waals surface area contributed by atoms with Crippen LogP contribution in [0.2, 0.25) is 0 Å². The van der Waals surface area contributed by atoms with Crippen LogP contribution in [-0.4, -0.2) is 23.7 Å². The molecule has 0 spiro atoms. The summed E-state index contributed by atoms with van der Waals surface area (Å²) in [5.74, 6) is 1.91. The van der Waals surface area contributed by atoms with Crippen molar-refractivity contribution in [2.24, 2.45) is 17.8 Å². The van der Waals surface area contributed by atoms with Gasteiger partial charge in [0.25, 0.3) is 0 Å². The molecule has 2 N–H and O–H groups in total. The summed E-state index contributed by atoms with van der Waals surface area (Å²) in [6, 6.07) is 0. The Morgan fingerprint density at radius 3 is 2.28 bits per heavy atom. The first kappa shape index (κ1) is 13.9. The number of carbonyl (C=O) groups excluding carboxylic acids is 1. The molecule has 104 valence electrons. The quantitative estimate of drug-likeness (QED) is 0.812. The zero-order valence-corrected chi connectivity index (χ0v) is 11.5. The average molecular weight is 253 g/mol. The van der Waals surface area contributed by atoms with Gasteiger partial charge in [0, 0.05) is 12.5 Å². The Kier molecular flexibility index (Phi) is 5.04. The summed E-state index contributed by atoms with van der Waals surface area (Å²) in [6.07, 6.45) is 8.36. The largest absolute Gasteiger partial charge is 0.393 e. The SMILES string of the molecule is CC1CCC(C(=O)NCC2CCC(O)CC2)CC1. The first-order chi connectivity index (χ1) is 8.65. The number of hydrogen-bond donors (Lipinski definition) is 2. The van der Waals surface area contributed by atoms with Gasteiger partial charge >= 0.3 is 0 Å². The normalized spacial score (nSPS) is 37.2. The van der Waals surface area contributed by atoms with Gasteiger partial charge in [-0.15, -0.1) is 0 Å². The molecule has 0 aliphatic heterocycles. The molecule has 0 aromatic rings. The van der Waals surface area contributed by atoms with E-state index in [1.54, 1.807) is 0 Å². The Balaban J connectivity index is 1.65. The second-order valence-electron chi connectivity index (χ2n) is 6.38. The molecule has 18 heavy (non-hydrogen) atoms. The lowest BCUT2D eigenvalue weighted by molar-refractivity contribution is -0.126. The van der Waals surface area contributed by atoms with Crippen molar-refractivity contribution in [2.45, 2.75) is 64.4 Å². The maximum absolute atomic E-state index is 12.1. The van der Waals surface area contributed by atoms with Gasteiger partial charge in [0.05, 0.1) is 6.10 Å². The highest BCUT2D eigenvalue weighted by Gasteiger charge is 2.25. The van der Waals surface area contributed by atoms with Gasteiger partial charge in [0.15, 0.2) is 0 Å². The zero-order valence-electron chi connectivity index (χ0n) is 11.5. The lowest BCUT2D eigenvalue weighted by Crippen LogP contribution is -2.37. The number of hydrogen-bond acceptors (Lipinski definition) is 2. The molecule has 0 radical (unpaired) electrons. The van der Waals surface area contributed by atoms with E-state index in [9.17, 15) is 9.90 Å². The minimum absolute atomic E-state index is 0.100. The van der Waals surface area contributed by atoms with Crippen LogP contribution in [-0.2, 0) is 4.79 Å². The highest BCUT2D eigenvalue weighted by atomic mass is 16.3. The molecule has 0 bridgehead atoms. The molecule has 3 nitrogen and oxygen atoms in total. The van der Waals surface area contributed by atoms with Gasteiger partial charge in [-0.05, 0) is 63.2 Å². The number of amides is 1. The Labute approximate surface area is 110 Å². The molecule has 3 heteroatoms. The molecule has 0 saturated heterocycles. The van der Waals surface area contributed by atoms with E-state index in [0.29, 0.717) is 5.92 Å². The first-order valence-corrected chi connectivity index (χ1v) is 7.61. The molecule has 0 atom stereocenters. The summed E-state index contributed by atoms with van der Waals surface area (Å²) in [5.41, 5.74) is 0. The second kappa shape index (κ2) is 6.55. The van der Waals surface area contributed by atoms with Gasteiger partial charge in [-0.2, -0.15) is 0 Å². The van der Waals surface area contributed by atoms with E-state index in [0.717, 1.165) is 51.0 Å². The van der Waals surface area contributed by atoms with Gasteiger partial charge < -0.3 is 10.4 Å². The van der Waals surface area contributed by atoms with E-state index in [1.807, 2.05) is 0 Å². The van der Waals surface area contributed by atoms with Crippen LogP contribution < -0.4 is 5.32 Å². The number of nitrogens with one attached hydrogen (secondary N) is 1. The van der Waals surface area contributed by atoms with Gasteiger partial charge in [0.1, 0.15) is 0 Å². The summed E-state index contributed by atoms with van der Waals surface area (Å²) in [7, 11) is 0. The van der Waals surface area contributed by atoms with Crippen molar-refractivity contribution in [1.82, 2.24) is 5.32 Å². The third kappa shape index (κ3) is 3.98. The van der Waals surface area contributed by atoms with Crippen molar-refractivity contribution in [3.05, 3.63) is 0 Å². The summed E-state index contributed by atoms with van der Waals surface area (Å²) in [6.45, 7) is 3.10. The van der Waals surface area contributed by atoms with Crippen molar-refractivity contribution in [2.75, 3.05) is 6.54 Å². The zero-order chi connectivity index (χ0) is 13.0. The molecule has 0 heterocycles. The lowest BCUT2D eigenvalue weighted by atomic mass is 9.82. The minimum atomic E-state index is -0.100. The van der Waals surface area contributed by atoms with Crippen LogP contribution >= 0.6 is 0 Å². The van der Waals surface area contributed by atoms with Crippen LogP contribution in [0.1, 0.15) is 58.3 Å². The molecule has 2 saturated carbocycles. The molecule has 1 amide bonds. The van der Waals surface area contributed by atoms with Gasteiger partial charge in [-0.1, -0.05) is 6.92 Å². The lowest BCUT2D eigenvalue weighted by Gasteiger charge is -2.28. The molecular weight excluding hydrogens is 226 g/mol. The molecule has 2 fully saturated rings. The van der Waals surface area contributed by atoms with E-state index in [1.165, 1.54) is 12.8 Å². The van der Waals surface area contributed by atoms with Gasteiger partial charge in [-0.3, -0.25) is 4.79 Å². The fourth-order valence-corrected chi connectivity index (χ4v) is 3.26. The Morgan fingerprint density at radius 2 is 1.67 bits per heavy atom. The summed E-state index contributed by atoms with van der Waals surface area (Å²) in [5, 5.41) is 12.6. The third-order valence-electron chi connectivity index (χ3n) is 4.77. The highest BCUT2D eigenvalue weighted by Crippen LogP contribution is 2.28. The van der Waals surface area contributed by atoms with E-state index in [-0.39, 0.29) is 17.9 Å². The number of aliphatic hydroxyl groups excluding tert-OH is 1. The predicted molar refractivity (Wildman–Crippen MR) is 72.1 cm³/mol. The molecule has 0 unspecified atom stereocenters. The topological polar surface area (TPSA) is 49.3 Å². The van der Waals surface area contributed by atoms with Crippen molar-refractivity contribution >= 4 is 5.91 Å². The Hall–Kier alpha value is -0.570. The van der Waals surface area contributed by atoms with Crippen LogP contribution in [0.4, 0.5) is 0 Å². The van der Waals surface area contributed by atoms with Crippen molar-refractivity contribution in [3.63, 3.8) is 0 Å². The van der Waals surface area contributed by atoms with Crippen LogP contribution in [0.5, 0.6) is 0 Å². The molecule has 2 rings (SSSR count). The second-order valence-corrected chi connectivity index (χ2v) is 6.38. The molecule has 0 aromatic carbocycles. The standard InChI is InChI=1S/C15H27NO2/c1-11-2-6-13(7-3-11)15(18)16-10-12-4-8-14(17)9-5-12/h11-14,17H,2-10H2,1H3,(H,16,18). The minimum Gasteiger partial charge on any atom is -0.393 e. The first-order valence-electron chi connectivity index (χ1n) is 7.61. The van der Waals surface area contributed by atoms with Crippen molar-refractivity contribution in [1.29, 1.82) is 0 Å². The number of carbonyl (C=O) groups is 1. The molecule has 0 aromatic heterocycles. The van der Waals surface area contributed by atoms with E-state index >= 15 is 0 Å². The molecule has 2 aliphatic rings. The summed E-state index contributed by atoms with van der Waals surface area (Å²) in [4.78, 5) is 12.1. The smallest absolute Gasteiger partial charge is 0.223 e. The van der Waals surface area contributed by atoms with Gasteiger partial charge in [-0.25, -0.2) is 0 Å². The van der Waals surface area contributed by atoms with Crippen LogP contribution in [0.25, 0.3) is 0 Å². The van der Waals surface area contributed by atoms with Crippen LogP contribution in [0.15, 0.2) is 0 Å². The number of aliphatic hydroxyl groups is 1. The van der Waals surface area contributed by atoms with Crippen molar-refractivity contribution in [3.8, 4) is 0 Å². The fraction of sp³-hybridized carbons (Fsp3) is 0.933. The van der Waals surface area contributed by atoms with Gasteiger partial charge in [0.2, 0.25) is 5.91 Å². The third-order valence-corrected chi connectivity index (χ3v) is 4.77. The average Bonchev–Trinajstić information content (AvgIpc) is 2.38. The molecular formula is C15H27NO2. The molecule has 2 aliphatic carbocycles.